The van der Waals surface area contributed by atoms with Crippen LogP contribution >= 0.6 is 0 Å². The van der Waals surface area contributed by atoms with Crippen LogP contribution in [0.2, 0.25) is 0 Å². The molecule has 0 radical (unpaired) electrons. The highest BCUT2D eigenvalue weighted by Gasteiger charge is 2.21. The fourth-order valence-corrected chi connectivity index (χ4v) is 4.41. The van der Waals surface area contributed by atoms with Crippen molar-refractivity contribution in [3.8, 4) is 11.5 Å². The number of nitrogens with one attached hydrogen (secondary N) is 1. The first-order valence-electron chi connectivity index (χ1n) is 9.54. The number of nitrogens with zero attached hydrogens (tertiary/aromatic N) is 2. The third-order valence-corrected chi connectivity index (χ3v) is 6.90. The summed E-state index contributed by atoms with van der Waals surface area (Å²) in [5, 5.41) is 3.62. The molecule has 0 bridgehead atoms. The quantitative estimate of drug-likeness (QED) is 0.651. The van der Waals surface area contributed by atoms with E-state index in [1.165, 1.54) is 18.4 Å². The van der Waals surface area contributed by atoms with Crippen molar-refractivity contribution < 1.29 is 22.7 Å². The first-order chi connectivity index (χ1) is 14.3. The van der Waals surface area contributed by atoms with Crippen LogP contribution in [0.25, 0.3) is 10.9 Å². The van der Waals surface area contributed by atoms with Crippen LogP contribution in [0.3, 0.4) is 0 Å². The maximum Gasteiger partial charge on any atom is 0.268 e. The number of fused-ring (bicyclic) bond motifs is 2. The Kier molecular flexibility index (Phi) is 5.17. The molecule has 2 heterocycles. The number of carbonyl (C=O) groups is 1. The Morgan fingerprint density at radius 3 is 2.60 bits per heavy atom. The zero-order chi connectivity index (χ0) is 21.5. The maximum absolute atomic E-state index is 12.9. The molecular weight excluding hydrogens is 406 g/mol. The minimum Gasteiger partial charge on any atom is -0.454 e. The second-order valence-electron chi connectivity index (χ2n) is 7.15. The molecule has 8 nitrogen and oxygen atoms in total. The van der Waals surface area contributed by atoms with E-state index in [0.717, 1.165) is 11.1 Å². The second kappa shape index (κ2) is 7.66. The average molecular weight is 429 g/mol. The van der Waals surface area contributed by atoms with Crippen LogP contribution < -0.4 is 14.8 Å². The fraction of sp³-hybridized carbons (Fsp3) is 0.286. The topological polar surface area (TPSA) is 89.9 Å². The van der Waals surface area contributed by atoms with Crippen LogP contribution in [0.5, 0.6) is 11.5 Å². The van der Waals surface area contributed by atoms with Crippen LogP contribution in [-0.2, 0) is 23.1 Å². The van der Waals surface area contributed by atoms with E-state index in [4.69, 9.17) is 9.47 Å². The molecule has 0 atom stereocenters. The third kappa shape index (κ3) is 3.50. The fourth-order valence-electron chi connectivity index (χ4n) is 3.47. The van der Waals surface area contributed by atoms with Crippen LogP contribution in [0.15, 0.2) is 47.4 Å². The van der Waals surface area contributed by atoms with Gasteiger partial charge in [-0.3, -0.25) is 4.79 Å². The van der Waals surface area contributed by atoms with E-state index in [2.05, 4.69) is 5.32 Å². The van der Waals surface area contributed by atoms with Crippen molar-refractivity contribution in [2.45, 2.75) is 24.9 Å². The molecule has 0 fully saturated rings. The van der Waals surface area contributed by atoms with Gasteiger partial charge in [-0.05, 0) is 48.9 Å². The largest absolute Gasteiger partial charge is 0.454 e. The molecular formula is C21H23N3O5S. The molecule has 1 aliphatic heterocycles. The van der Waals surface area contributed by atoms with Gasteiger partial charge in [-0.2, -0.15) is 0 Å². The number of benzene rings is 2. The van der Waals surface area contributed by atoms with Crippen molar-refractivity contribution in [1.29, 1.82) is 0 Å². The van der Waals surface area contributed by atoms with E-state index in [0.29, 0.717) is 35.7 Å². The number of rotatable bonds is 6. The van der Waals surface area contributed by atoms with Crippen LogP contribution in [0.4, 0.5) is 0 Å². The molecule has 0 unspecified atom stereocenters. The number of hydrogen-bond acceptors (Lipinski definition) is 5. The van der Waals surface area contributed by atoms with Crippen LogP contribution in [0, 0.1) is 0 Å². The van der Waals surface area contributed by atoms with Crippen molar-refractivity contribution in [2.75, 3.05) is 20.9 Å². The van der Waals surface area contributed by atoms with Gasteiger partial charge in [0.25, 0.3) is 5.91 Å². The minimum absolute atomic E-state index is 0.195. The van der Waals surface area contributed by atoms with Gasteiger partial charge in [0.1, 0.15) is 5.69 Å². The van der Waals surface area contributed by atoms with Crippen molar-refractivity contribution in [1.82, 2.24) is 14.2 Å². The number of aromatic nitrogens is 1. The monoisotopic (exact) mass is 429 g/mol. The van der Waals surface area contributed by atoms with Gasteiger partial charge < -0.3 is 19.4 Å². The Balaban J connectivity index is 1.60. The summed E-state index contributed by atoms with van der Waals surface area (Å²) in [4.78, 5) is 13.1. The Morgan fingerprint density at radius 2 is 1.87 bits per heavy atom. The van der Waals surface area contributed by atoms with E-state index in [9.17, 15) is 13.2 Å². The van der Waals surface area contributed by atoms with E-state index in [1.807, 2.05) is 29.7 Å². The molecule has 2 aromatic carbocycles. The molecule has 1 N–H and O–H groups in total. The summed E-state index contributed by atoms with van der Waals surface area (Å²) in [6, 6.07) is 12.2. The van der Waals surface area contributed by atoms with Gasteiger partial charge >= 0.3 is 0 Å². The Morgan fingerprint density at radius 1 is 1.10 bits per heavy atom. The molecule has 158 valence electrons. The highest BCUT2D eigenvalue weighted by atomic mass is 32.2. The van der Waals surface area contributed by atoms with Gasteiger partial charge in [0.05, 0.1) is 4.90 Å². The minimum atomic E-state index is -3.55. The SMILES string of the molecule is CCn1c(C(=O)NCc2ccc3c(c2)OCO3)cc2cc(S(=O)(=O)N(C)C)ccc21. The Hall–Kier alpha value is -3.04. The first kappa shape index (κ1) is 20.2. The number of amides is 1. The lowest BCUT2D eigenvalue weighted by Gasteiger charge is -2.12. The third-order valence-electron chi connectivity index (χ3n) is 5.09. The van der Waals surface area contributed by atoms with Gasteiger partial charge in [0, 0.05) is 38.1 Å². The van der Waals surface area contributed by atoms with Gasteiger partial charge in [-0.15, -0.1) is 0 Å². The standard InChI is InChI=1S/C21H23N3O5S/c1-4-24-17-7-6-16(30(26,27)23(2)3)10-15(17)11-18(24)21(25)22-12-14-5-8-19-20(9-14)29-13-28-19/h5-11H,4,12-13H2,1-3H3,(H,22,25). The summed E-state index contributed by atoms with van der Waals surface area (Å²) >= 11 is 0. The molecule has 1 aliphatic rings. The average Bonchev–Trinajstić information content (AvgIpc) is 3.34. The van der Waals surface area contributed by atoms with Crippen molar-refractivity contribution in [3.05, 3.63) is 53.7 Å². The second-order valence-corrected chi connectivity index (χ2v) is 9.30. The van der Waals surface area contributed by atoms with E-state index < -0.39 is 10.0 Å². The Bertz CT molecular complexity index is 1230. The Labute approximate surface area is 175 Å². The summed E-state index contributed by atoms with van der Waals surface area (Å²) in [5.74, 6) is 1.13. The molecule has 0 spiro atoms. The van der Waals surface area contributed by atoms with Gasteiger partial charge in [0.2, 0.25) is 16.8 Å². The van der Waals surface area contributed by atoms with Crippen molar-refractivity contribution in [3.63, 3.8) is 0 Å². The van der Waals surface area contributed by atoms with Crippen molar-refractivity contribution in [2.24, 2.45) is 0 Å². The zero-order valence-electron chi connectivity index (χ0n) is 17.0. The molecule has 0 saturated heterocycles. The zero-order valence-corrected chi connectivity index (χ0v) is 17.8. The highest BCUT2D eigenvalue weighted by Crippen LogP contribution is 2.32. The molecule has 4 rings (SSSR count). The molecule has 9 heteroatoms. The lowest BCUT2D eigenvalue weighted by molar-refractivity contribution is 0.0942. The summed E-state index contributed by atoms with van der Waals surface area (Å²) < 4.78 is 38.6. The maximum atomic E-state index is 12.9. The smallest absolute Gasteiger partial charge is 0.268 e. The summed E-state index contributed by atoms with van der Waals surface area (Å²) in [7, 11) is -0.565. The first-order valence-corrected chi connectivity index (χ1v) is 11.0. The van der Waals surface area contributed by atoms with Crippen LogP contribution in [-0.4, -0.2) is 44.1 Å². The van der Waals surface area contributed by atoms with Gasteiger partial charge in [0.15, 0.2) is 11.5 Å². The lowest BCUT2D eigenvalue weighted by Crippen LogP contribution is -2.25. The molecule has 0 aliphatic carbocycles. The molecule has 3 aromatic rings. The molecule has 1 aromatic heterocycles. The molecule has 1 amide bonds. The lowest BCUT2D eigenvalue weighted by atomic mass is 10.2. The summed E-state index contributed by atoms with van der Waals surface area (Å²) in [5.41, 5.74) is 2.18. The van der Waals surface area contributed by atoms with E-state index in [1.54, 1.807) is 24.3 Å². The molecule has 30 heavy (non-hydrogen) atoms. The van der Waals surface area contributed by atoms with Crippen LogP contribution in [0.1, 0.15) is 23.0 Å². The number of sulfonamides is 1. The summed E-state index contributed by atoms with van der Waals surface area (Å²) in [6.07, 6.45) is 0. The summed E-state index contributed by atoms with van der Waals surface area (Å²) in [6.45, 7) is 3.06. The highest BCUT2D eigenvalue weighted by molar-refractivity contribution is 7.89. The number of ether oxygens (including phenoxy) is 2. The van der Waals surface area contributed by atoms with E-state index in [-0.39, 0.29) is 17.6 Å². The van der Waals surface area contributed by atoms with E-state index >= 15 is 0 Å². The normalized spacial score (nSPS) is 13.2. The predicted molar refractivity (Wildman–Crippen MR) is 112 cm³/mol. The van der Waals surface area contributed by atoms with Gasteiger partial charge in [-0.1, -0.05) is 6.07 Å². The van der Waals surface area contributed by atoms with Crippen molar-refractivity contribution >= 4 is 26.8 Å². The predicted octanol–water partition coefficient (Wildman–Crippen LogP) is 2.57. The number of aryl methyl sites for hydroxylation is 1. The van der Waals surface area contributed by atoms with Gasteiger partial charge in [-0.25, -0.2) is 12.7 Å². The molecule has 0 saturated carbocycles. The number of carbonyl (C=O) groups excluding carboxylic acids is 1. The number of hydrogen-bond donors (Lipinski definition) is 1.